The molecule has 25 heavy (non-hydrogen) atoms. The van der Waals surface area contributed by atoms with Gasteiger partial charge in [0.05, 0.1) is 16.1 Å². The molecule has 0 aliphatic carbocycles. The molecule has 0 fully saturated rings. The monoisotopic (exact) mass is 512 g/mol. The fraction of sp³-hybridized carbons (Fsp3) is 0.389. The van der Waals surface area contributed by atoms with Gasteiger partial charge in [0.25, 0.3) is 0 Å². The number of rotatable bonds is 8. The van der Waals surface area contributed by atoms with Crippen LogP contribution < -0.4 is 0 Å². The molecule has 0 spiro atoms. The average molecular weight is 515 g/mol. The van der Waals surface area contributed by atoms with Gasteiger partial charge < -0.3 is 10.0 Å². The molecule has 1 atom stereocenters. The third-order valence-electron chi connectivity index (χ3n) is 3.74. The zero-order valence-electron chi connectivity index (χ0n) is 14.1. The van der Waals surface area contributed by atoms with Crippen molar-refractivity contribution in [2.24, 2.45) is 0 Å². The smallest absolute Gasteiger partial charge is 0.0931 e. The summed E-state index contributed by atoms with van der Waals surface area (Å²) in [6.45, 7) is 4.55. The molecule has 3 nitrogen and oxygen atoms in total. The molecule has 1 aromatic heterocycles. The van der Waals surface area contributed by atoms with Crippen LogP contribution in [0.2, 0.25) is 10.0 Å². The number of nitrogens with zero attached hydrogens (tertiary/aromatic N) is 2. The third-order valence-corrected chi connectivity index (χ3v) is 4.48. The van der Waals surface area contributed by atoms with E-state index in [2.05, 4.69) is 16.8 Å². The van der Waals surface area contributed by atoms with Crippen molar-refractivity contribution in [1.29, 1.82) is 0 Å². The van der Waals surface area contributed by atoms with Crippen LogP contribution in [0, 0.1) is 0 Å². The number of halogens is 4. The second kappa shape index (κ2) is 13.1. The van der Waals surface area contributed by atoms with E-state index in [9.17, 15) is 5.11 Å². The molecule has 0 aliphatic heterocycles. The first kappa shape index (κ1) is 24.8. The van der Waals surface area contributed by atoms with Crippen LogP contribution >= 0.6 is 57.2 Å². The first-order valence-electron chi connectivity index (χ1n) is 7.84. The van der Waals surface area contributed by atoms with E-state index in [1.54, 1.807) is 12.4 Å². The average Bonchev–Trinajstić information content (AvgIpc) is 2.56. The topological polar surface area (TPSA) is 36.4 Å². The van der Waals surface area contributed by atoms with E-state index in [0.717, 1.165) is 37.1 Å². The summed E-state index contributed by atoms with van der Waals surface area (Å²) in [5.41, 5.74) is 2.00. The zero-order valence-corrected chi connectivity index (χ0v) is 19.0. The van der Waals surface area contributed by atoms with Crippen molar-refractivity contribution in [2.45, 2.75) is 25.9 Å². The van der Waals surface area contributed by atoms with Crippen LogP contribution in [0.4, 0.5) is 0 Å². The molecule has 0 radical (unpaired) electrons. The fourth-order valence-electron chi connectivity index (χ4n) is 2.52. The molecule has 0 saturated carbocycles. The molecular weight excluding hydrogens is 491 g/mol. The summed E-state index contributed by atoms with van der Waals surface area (Å²) < 4.78 is 0. The van der Waals surface area contributed by atoms with Gasteiger partial charge in [-0.05, 0) is 43.1 Å². The van der Waals surface area contributed by atoms with Crippen molar-refractivity contribution >= 4 is 57.2 Å². The molecule has 0 bridgehead atoms. The van der Waals surface area contributed by atoms with E-state index < -0.39 is 6.10 Å². The summed E-state index contributed by atoms with van der Waals surface area (Å²) in [6, 6.07) is 9.48. The highest BCUT2D eigenvalue weighted by atomic mass is 79.9. The fourth-order valence-corrected chi connectivity index (χ4v) is 2.84. The van der Waals surface area contributed by atoms with Gasteiger partial charge in [0.2, 0.25) is 0 Å². The van der Waals surface area contributed by atoms with Gasteiger partial charge in [-0.25, -0.2) is 0 Å². The summed E-state index contributed by atoms with van der Waals surface area (Å²) in [7, 11) is 0. The second-order valence-corrected chi connectivity index (χ2v) is 6.42. The Kier molecular flexibility index (Phi) is 13.0. The first-order chi connectivity index (χ1) is 11.1. The highest BCUT2D eigenvalue weighted by Gasteiger charge is 2.13. The van der Waals surface area contributed by atoms with Crippen LogP contribution in [-0.2, 0) is 6.42 Å². The number of aliphatic hydroxyl groups is 1. The molecular formula is C18H24Br2Cl2N2O. The van der Waals surface area contributed by atoms with Crippen LogP contribution in [0.5, 0.6) is 0 Å². The van der Waals surface area contributed by atoms with E-state index in [0.29, 0.717) is 16.6 Å². The Hall–Kier alpha value is -0.170. The van der Waals surface area contributed by atoms with Gasteiger partial charge in [-0.3, -0.25) is 4.98 Å². The van der Waals surface area contributed by atoms with Crippen molar-refractivity contribution in [1.82, 2.24) is 9.88 Å². The van der Waals surface area contributed by atoms with Gasteiger partial charge in [0.1, 0.15) is 0 Å². The predicted molar refractivity (Wildman–Crippen MR) is 117 cm³/mol. The Labute approximate surface area is 180 Å². The number of pyridine rings is 1. The van der Waals surface area contributed by atoms with E-state index in [1.165, 1.54) is 0 Å². The summed E-state index contributed by atoms with van der Waals surface area (Å²) >= 11 is 12.0. The summed E-state index contributed by atoms with van der Waals surface area (Å²) in [6.07, 6.45) is 4.82. The molecule has 2 rings (SSSR count). The van der Waals surface area contributed by atoms with Gasteiger partial charge >= 0.3 is 0 Å². The number of aromatic nitrogens is 1. The maximum atomic E-state index is 10.4. The minimum absolute atomic E-state index is 0. The molecule has 0 amide bonds. The van der Waals surface area contributed by atoms with Crippen molar-refractivity contribution in [3.8, 4) is 0 Å². The van der Waals surface area contributed by atoms with Crippen molar-refractivity contribution in [2.75, 3.05) is 19.6 Å². The Bertz CT molecular complexity index is 617. The normalized spacial score (nSPS) is 11.6. The third kappa shape index (κ3) is 8.37. The Balaban J connectivity index is 0.00000288. The predicted octanol–water partition coefficient (Wildman–Crippen LogP) is 5.53. The lowest BCUT2D eigenvalue weighted by molar-refractivity contribution is 0.113. The number of hydrogen-bond donors (Lipinski definition) is 1. The van der Waals surface area contributed by atoms with Crippen molar-refractivity contribution < 1.29 is 5.11 Å². The summed E-state index contributed by atoms with van der Waals surface area (Å²) in [4.78, 5) is 6.33. The van der Waals surface area contributed by atoms with Crippen LogP contribution in [-0.4, -0.2) is 34.6 Å². The molecule has 7 heteroatoms. The van der Waals surface area contributed by atoms with Gasteiger partial charge in [-0.1, -0.05) is 42.3 Å². The van der Waals surface area contributed by atoms with E-state index in [4.69, 9.17) is 23.2 Å². The van der Waals surface area contributed by atoms with Gasteiger partial charge in [-0.15, -0.1) is 34.0 Å². The second-order valence-electron chi connectivity index (χ2n) is 5.60. The highest BCUT2D eigenvalue weighted by molar-refractivity contribution is 8.93. The van der Waals surface area contributed by atoms with E-state index in [-0.39, 0.29) is 34.0 Å². The molecule has 0 aliphatic rings. The standard InChI is InChI=1S/C18H22Cl2N2O.2BrH/c1-2-9-22(13-18(23)15-4-3-8-21-12-15)10-7-14-5-6-16(19)17(20)11-14;;/h3-6,8,11-12,18,23H,2,7,9-10,13H2,1H3;2*1H. The van der Waals surface area contributed by atoms with Gasteiger partial charge in [0, 0.05) is 31.0 Å². The lowest BCUT2D eigenvalue weighted by atomic mass is 10.1. The lowest BCUT2D eigenvalue weighted by Crippen LogP contribution is -2.31. The van der Waals surface area contributed by atoms with E-state index in [1.807, 2.05) is 30.3 Å². The van der Waals surface area contributed by atoms with Crippen molar-refractivity contribution in [3.63, 3.8) is 0 Å². The maximum absolute atomic E-state index is 10.4. The lowest BCUT2D eigenvalue weighted by Gasteiger charge is -2.24. The molecule has 1 heterocycles. The molecule has 1 aromatic carbocycles. The quantitative estimate of drug-likeness (QED) is 0.503. The summed E-state index contributed by atoms with van der Waals surface area (Å²) in [5, 5.41) is 11.5. The number of aliphatic hydroxyl groups excluding tert-OH is 1. The van der Waals surface area contributed by atoms with Crippen LogP contribution in [0.1, 0.15) is 30.6 Å². The minimum Gasteiger partial charge on any atom is -0.387 e. The van der Waals surface area contributed by atoms with E-state index >= 15 is 0 Å². The summed E-state index contributed by atoms with van der Waals surface area (Å²) in [5.74, 6) is 0. The van der Waals surface area contributed by atoms with Gasteiger partial charge in [-0.2, -0.15) is 0 Å². The molecule has 140 valence electrons. The largest absolute Gasteiger partial charge is 0.387 e. The SMILES string of the molecule is Br.Br.CCCN(CCc1ccc(Cl)c(Cl)c1)CC(O)c1cccnc1. The van der Waals surface area contributed by atoms with Crippen LogP contribution in [0.3, 0.4) is 0 Å². The number of hydrogen-bond acceptors (Lipinski definition) is 3. The molecule has 1 N–H and O–H groups in total. The number of benzene rings is 1. The zero-order chi connectivity index (χ0) is 16.7. The highest BCUT2D eigenvalue weighted by Crippen LogP contribution is 2.23. The van der Waals surface area contributed by atoms with Crippen LogP contribution in [0.25, 0.3) is 0 Å². The van der Waals surface area contributed by atoms with Crippen LogP contribution in [0.15, 0.2) is 42.7 Å². The Morgan fingerprint density at radius 3 is 2.48 bits per heavy atom. The first-order valence-corrected chi connectivity index (χ1v) is 8.60. The molecule has 1 unspecified atom stereocenters. The maximum Gasteiger partial charge on any atom is 0.0931 e. The van der Waals surface area contributed by atoms with Crippen molar-refractivity contribution in [3.05, 3.63) is 63.9 Å². The Morgan fingerprint density at radius 1 is 1.12 bits per heavy atom. The molecule has 0 saturated heterocycles. The minimum atomic E-state index is -0.524. The molecule has 2 aromatic rings. The van der Waals surface area contributed by atoms with Gasteiger partial charge in [0.15, 0.2) is 0 Å². The Morgan fingerprint density at radius 2 is 1.88 bits per heavy atom.